The fourth-order valence-electron chi connectivity index (χ4n) is 2.43. The Kier molecular flexibility index (Phi) is 2.55. The van der Waals surface area contributed by atoms with Gasteiger partial charge in [-0.25, -0.2) is 0 Å². The van der Waals surface area contributed by atoms with E-state index in [-0.39, 0.29) is 6.04 Å². The van der Waals surface area contributed by atoms with Crippen molar-refractivity contribution < 1.29 is 15.3 Å². The van der Waals surface area contributed by atoms with Crippen LogP contribution in [0.15, 0.2) is 0 Å². The largest absolute Gasteiger partial charge is 0.389 e. The lowest BCUT2D eigenvalue weighted by molar-refractivity contribution is -0.144. The van der Waals surface area contributed by atoms with Crippen molar-refractivity contribution in [2.45, 2.75) is 43.6 Å². The molecule has 2 aliphatic rings. The molecule has 0 aromatic carbocycles. The third-order valence-electron chi connectivity index (χ3n) is 3.22. The second-order valence-corrected chi connectivity index (χ2v) is 4.11. The average Bonchev–Trinajstić information content (AvgIpc) is 2.15. The average molecular weight is 187 g/mol. The molecule has 2 rings (SSSR count). The molecule has 0 radical (unpaired) electrons. The molecule has 4 atom stereocenters. The molecule has 0 aromatic heterocycles. The van der Waals surface area contributed by atoms with Gasteiger partial charge in [-0.05, 0) is 19.4 Å². The van der Waals surface area contributed by atoms with E-state index in [1.54, 1.807) is 0 Å². The van der Waals surface area contributed by atoms with Gasteiger partial charge >= 0.3 is 0 Å². The standard InChI is InChI=1S/C9H17NO3/c11-7-5-10-4-2-1-3-6(10)8(12)9(7)13/h6-9,11-13H,1-5H2/t6-,7+,8-,9-/m1/s1. The lowest BCUT2D eigenvalue weighted by Gasteiger charge is -2.46. The summed E-state index contributed by atoms with van der Waals surface area (Å²) in [6.45, 7) is 1.44. The maximum atomic E-state index is 9.69. The maximum absolute atomic E-state index is 9.69. The Morgan fingerprint density at radius 1 is 1.00 bits per heavy atom. The fraction of sp³-hybridized carbons (Fsp3) is 1.00. The van der Waals surface area contributed by atoms with Gasteiger partial charge in [0.25, 0.3) is 0 Å². The molecule has 0 amide bonds. The molecule has 4 nitrogen and oxygen atoms in total. The molecule has 13 heavy (non-hydrogen) atoms. The Labute approximate surface area is 77.8 Å². The van der Waals surface area contributed by atoms with E-state index in [1.165, 1.54) is 0 Å². The van der Waals surface area contributed by atoms with Crippen molar-refractivity contribution in [3.05, 3.63) is 0 Å². The van der Waals surface area contributed by atoms with Gasteiger partial charge in [0.1, 0.15) is 6.10 Å². The highest BCUT2D eigenvalue weighted by Crippen LogP contribution is 2.26. The molecule has 0 aliphatic carbocycles. The van der Waals surface area contributed by atoms with Crippen molar-refractivity contribution >= 4 is 0 Å². The van der Waals surface area contributed by atoms with Crippen LogP contribution in [0.2, 0.25) is 0 Å². The molecule has 2 saturated heterocycles. The number of rotatable bonds is 0. The predicted octanol–water partition coefficient (Wildman–Crippen LogP) is -1.06. The Balaban J connectivity index is 2.08. The van der Waals surface area contributed by atoms with Gasteiger partial charge in [0.15, 0.2) is 0 Å². The Morgan fingerprint density at radius 2 is 1.77 bits per heavy atom. The van der Waals surface area contributed by atoms with Crippen LogP contribution in [0.4, 0.5) is 0 Å². The number of nitrogens with zero attached hydrogens (tertiary/aromatic N) is 1. The van der Waals surface area contributed by atoms with Gasteiger partial charge in [0, 0.05) is 12.6 Å². The van der Waals surface area contributed by atoms with Crippen LogP contribution in [0.3, 0.4) is 0 Å². The molecular formula is C9H17NO3. The molecule has 0 bridgehead atoms. The number of hydrogen-bond donors (Lipinski definition) is 3. The minimum absolute atomic E-state index is 0.0622. The van der Waals surface area contributed by atoms with E-state index in [2.05, 4.69) is 4.90 Å². The van der Waals surface area contributed by atoms with E-state index in [9.17, 15) is 15.3 Å². The highest BCUT2D eigenvalue weighted by Gasteiger charge is 2.41. The minimum atomic E-state index is -0.959. The second kappa shape index (κ2) is 3.53. The zero-order valence-electron chi connectivity index (χ0n) is 7.63. The first-order chi connectivity index (χ1) is 6.20. The van der Waals surface area contributed by atoms with E-state index in [4.69, 9.17) is 0 Å². The molecule has 0 saturated carbocycles. The molecule has 2 fully saturated rings. The van der Waals surface area contributed by atoms with Crippen molar-refractivity contribution in [3.8, 4) is 0 Å². The van der Waals surface area contributed by atoms with Crippen LogP contribution in [0.1, 0.15) is 19.3 Å². The van der Waals surface area contributed by atoms with E-state index in [1.807, 2.05) is 0 Å². The Bertz CT molecular complexity index is 186. The highest BCUT2D eigenvalue weighted by molar-refractivity contribution is 4.95. The summed E-state index contributed by atoms with van der Waals surface area (Å²) in [5.41, 5.74) is 0. The first-order valence-corrected chi connectivity index (χ1v) is 4.98. The molecule has 4 heteroatoms. The zero-order chi connectivity index (χ0) is 9.42. The van der Waals surface area contributed by atoms with Crippen molar-refractivity contribution in [1.82, 2.24) is 4.90 Å². The maximum Gasteiger partial charge on any atom is 0.108 e. The fourth-order valence-corrected chi connectivity index (χ4v) is 2.43. The van der Waals surface area contributed by atoms with E-state index in [0.29, 0.717) is 6.54 Å². The lowest BCUT2D eigenvalue weighted by Crippen LogP contribution is -2.62. The molecule has 3 N–H and O–H groups in total. The summed E-state index contributed by atoms with van der Waals surface area (Å²) in [6, 6.07) is 0.0622. The molecule has 0 aromatic rings. The first kappa shape index (κ1) is 9.40. The zero-order valence-corrected chi connectivity index (χ0v) is 7.63. The summed E-state index contributed by atoms with van der Waals surface area (Å²) in [7, 11) is 0. The molecular weight excluding hydrogens is 170 g/mol. The number of aliphatic hydroxyl groups excluding tert-OH is 3. The van der Waals surface area contributed by atoms with Gasteiger partial charge < -0.3 is 15.3 Å². The molecule has 76 valence electrons. The number of fused-ring (bicyclic) bond motifs is 1. The quantitative estimate of drug-likeness (QED) is 0.452. The Morgan fingerprint density at radius 3 is 2.54 bits per heavy atom. The molecule has 2 heterocycles. The van der Waals surface area contributed by atoms with Crippen LogP contribution < -0.4 is 0 Å². The monoisotopic (exact) mass is 187 g/mol. The van der Waals surface area contributed by atoms with Crippen molar-refractivity contribution in [1.29, 1.82) is 0 Å². The van der Waals surface area contributed by atoms with Gasteiger partial charge in [0.05, 0.1) is 12.2 Å². The first-order valence-electron chi connectivity index (χ1n) is 4.98. The second-order valence-electron chi connectivity index (χ2n) is 4.11. The van der Waals surface area contributed by atoms with Crippen LogP contribution >= 0.6 is 0 Å². The summed E-state index contributed by atoms with van der Waals surface area (Å²) in [4.78, 5) is 2.09. The van der Waals surface area contributed by atoms with Gasteiger partial charge in [-0.3, -0.25) is 4.90 Å². The normalized spacial score (nSPS) is 47.3. The van der Waals surface area contributed by atoms with Gasteiger partial charge in [-0.15, -0.1) is 0 Å². The number of piperidine rings is 2. The molecule has 2 aliphatic heterocycles. The summed E-state index contributed by atoms with van der Waals surface area (Å²) in [5, 5.41) is 28.6. The predicted molar refractivity (Wildman–Crippen MR) is 47.2 cm³/mol. The van der Waals surface area contributed by atoms with Crippen LogP contribution in [-0.4, -0.2) is 57.7 Å². The van der Waals surface area contributed by atoms with Crippen molar-refractivity contribution in [2.24, 2.45) is 0 Å². The van der Waals surface area contributed by atoms with E-state index < -0.39 is 18.3 Å². The third-order valence-corrected chi connectivity index (χ3v) is 3.22. The summed E-state index contributed by atoms with van der Waals surface area (Å²) in [6.07, 6.45) is 0.658. The van der Waals surface area contributed by atoms with Crippen molar-refractivity contribution in [3.63, 3.8) is 0 Å². The Hall–Kier alpha value is -0.160. The summed E-state index contributed by atoms with van der Waals surface area (Å²) in [5.74, 6) is 0. The van der Waals surface area contributed by atoms with E-state index >= 15 is 0 Å². The topological polar surface area (TPSA) is 63.9 Å². The van der Waals surface area contributed by atoms with Crippen molar-refractivity contribution in [2.75, 3.05) is 13.1 Å². The van der Waals surface area contributed by atoms with E-state index in [0.717, 1.165) is 25.8 Å². The SMILES string of the molecule is O[C@H]1[C@H](O)[C@@H](O)CN2CCCC[C@H]12. The van der Waals surface area contributed by atoms with Crippen LogP contribution in [0.5, 0.6) is 0 Å². The van der Waals surface area contributed by atoms with Crippen LogP contribution in [0.25, 0.3) is 0 Å². The summed E-state index contributed by atoms with van der Waals surface area (Å²) < 4.78 is 0. The number of aliphatic hydroxyl groups is 3. The molecule has 0 spiro atoms. The lowest BCUT2D eigenvalue weighted by atomic mass is 9.88. The third kappa shape index (κ3) is 1.59. The summed E-state index contributed by atoms with van der Waals surface area (Å²) >= 11 is 0. The van der Waals surface area contributed by atoms with Crippen LogP contribution in [0, 0.1) is 0 Å². The van der Waals surface area contributed by atoms with Crippen LogP contribution in [-0.2, 0) is 0 Å². The smallest absolute Gasteiger partial charge is 0.108 e. The minimum Gasteiger partial charge on any atom is -0.389 e. The van der Waals surface area contributed by atoms with Gasteiger partial charge in [0.2, 0.25) is 0 Å². The highest BCUT2D eigenvalue weighted by atomic mass is 16.4. The van der Waals surface area contributed by atoms with Gasteiger partial charge in [-0.2, -0.15) is 0 Å². The number of hydrogen-bond acceptors (Lipinski definition) is 4. The molecule has 0 unspecified atom stereocenters. The van der Waals surface area contributed by atoms with Gasteiger partial charge in [-0.1, -0.05) is 6.42 Å².